The molecular formula is C12H12N2O5. The summed E-state index contributed by atoms with van der Waals surface area (Å²) >= 11 is 0. The van der Waals surface area contributed by atoms with Crippen molar-refractivity contribution in [2.75, 3.05) is 14.2 Å². The standard InChI is InChI=1S/C12H12N2O5/c1-18-9-4-3-6(10(15)11(9)19-2)7-5-8(12(16)17)14-13-7/h3-5,15H,1-2H3,(H,13,14)(H,16,17). The van der Waals surface area contributed by atoms with Crippen molar-refractivity contribution in [3.05, 3.63) is 23.9 Å². The molecule has 0 fully saturated rings. The smallest absolute Gasteiger partial charge is 0.353 e. The van der Waals surface area contributed by atoms with Crippen LogP contribution in [0.2, 0.25) is 0 Å². The second kappa shape index (κ2) is 4.89. The molecular weight excluding hydrogens is 252 g/mol. The first-order chi connectivity index (χ1) is 9.08. The number of carboxylic acids is 1. The SMILES string of the molecule is COc1ccc(-c2cc(C(=O)O)[nH]n2)c(O)c1OC. The predicted molar refractivity (Wildman–Crippen MR) is 65.8 cm³/mol. The van der Waals surface area contributed by atoms with Crippen LogP contribution in [0.4, 0.5) is 0 Å². The number of hydrogen-bond donors (Lipinski definition) is 3. The maximum Gasteiger partial charge on any atom is 0.353 e. The molecule has 3 N–H and O–H groups in total. The number of hydrogen-bond acceptors (Lipinski definition) is 5. The third kappa shape index (κ3) is 2.17. The molecule has 0 saturated heterocycles. The van der Waals surface area contributed by atoms with E-state index in [2.05, 4.69) is 10.2 Å². The highest BCUT2D eigenvalue weighted by molar-refractivity contribution is 5.87. The molecule has 7 nitrogen and oxygen atoms in total. The number of rotatable bonds is 4. The Morgan fingerprint density at radius 1 is 1.32 bits per heavy atom. The molecule has 2 aromatic rings. The Kier molecular flexibility index (Phi) is 3.28. The van der Waals surface area contributed by atoms with Crippen LogP contribution < -0.4 is 9.47 Å². The van der Waals surface area contributed by atoms with Gasteiger partial charge in [0, 0.05) is 5.56 Å². The lowest BCUT2D eigenvalue weighted by molar-refractivity contribution is 0.0690. The number of carbonyl (C=O) groups is 1. The lowest BCUT2D eigenvalue weighted by atomic mass is 10.1. The Bertz CT molecular complexity index is 621. The van der Waals surface area contributed by atoms with Crippen LogP contribution in [0.25, 0.3) is 11.3 Å². The lowest BCUT2D eigenvalue weighted by Crippen LogP contribution is -1.95. The van der Waals surface area contributed by atoms with Gasteiger partial charge in [-0.15, -0.1) is 0 Å². The predicted octanol–water partition coefficient (Wildman–Crippen LogP) is 1.50. The Hall–Kier alpha value is -2.70. The molecule has 0 amide bonds. The molecule has 1 aromatic carbocycles. The normalized spacial score (nSPS) is 10.2. The molecule has 19 heavy (non-hydrogen) atoms. The van der Waals surface area contributed by atoms with E-state index in [1.54, 1.807) is 12.1 Å². The van der Waals surface area contributed by atoms with Crippen LogP contribution in [0.5, 0.6) is 17.2 Å². The van der Waals surface area contributed by atoms with Gasteiger partial charge < -0.3 is 19.7 Å². The molecule has 0 radical (unpaired) electrons. The van der Waals surface area contributed by atoms with Gasteiger partial charge in [-0.25, -0.2) is 4.79 Å². The maximum absolute atomic E-state index is 10.8. The fourth-order valence-corrected chi connectivity index (χ4v) is 1.69. The van der Waals surface area contributed by atoms with Crippen LogP contribution in [0.1, 0.15) is 10.5 Å². The van der Waals surface area contributed by atoms with Crippen molar-refractivity contribution in [2.24, 2.45) is 0 Å². The van der Waals surface area contributed by atoms with Crippen molar-refractivity contribution in [3.8, 4) is 28.5 Å². The van der Waals surface area contributed by atoms with Gasteiger partial charge in [0.05, 0.1) is 19.9 Å². The zero-order valence-corrected chi connectivity index (χ0v) is 10.3. The molecule has 1 aromatic heterocycles. The zero-order valence-electron chi connectivity index (χ0n) is 10.3. The molecule has 7 heteroatoms. The van der Waals surface area contributed by atoms with Gasteiger partial charge in [0.25, 0.3) is 0 Å². The quantitative estimate of drug-likeness (QED) is 0.772. The molecule has 100 valence electrons. The molecule has 0 unspecified atom stereocenters. The highest BCUT2D eigenvalue weighted by Gasteiger charge is 2.18. The molecule has 0 bridgehead atoms. The summed E-state index contributed by atoms with van der Waals surface area (Å²) in [5, 5.41) is 25.1. The number of methoxy groups -OCH3 is 2. The third-order valence-electron chi connectivity index (χ3n) is 2.60. The number of nitrogens with zero attached hydrogens (tertiary/aromatic N) is 1. The van der Waals surface area contributed by atoms with Gasteiger partial charge in [0.2, 0.25) is 5.75 Å². The topological polar surface area (TPSA) is 105 Å². The second-order valence-corrected chi connectivity index (χ2v) is 3.67. The first-order valence-corrected chi connectivity index (χ1v) is 5.31. The Morgan fingerprint density at radius 2 is 2.05 bits per heavy atom. The number of aromatic amines is 1. The van der Waals surface area contributed by atoms with Crippen molar-refractivity contribution in [3.63, 3.8) is 0 Å². The van der Waals surface area contributed by atoms with E-state index in [9.17, 15) is 9.90 Å². The first kappa shape index (κ1) is 12.7. The van der Waals surface area contributed by atoms with Crippen LogP contribution in [0, 0.1) is 0 Å². The van der Waals surface area contributed by atoms with Crippen molar-refractivity contribution in [1.82, 2.24) is 10.2 Å². The Morgan fingerprint density at radius 3 is 2.58 bits per heavy atom. The van der Waals surface area contributed by atoms with Crippen molar-refractivity contribution in [1.29, 1.82) is 0 Å². The minimum absolute atomic E-state index is 0.0656. The van der Waals surface area contributed by atoms with Crippen molar-refractivity contribution in [2.45, 2.75) is 0 Å². The van der Waals surface area contributed by atoms with Gasteiger partial charge in [-0.2, -0.15) is 5.10 Å². The average Bonchev–Trinajstić information content (AvgIpc) is 2.87. The fraction of sp³-hybridized carbons (Fsp3) is 0.167. The van der Waals surface area contributed by atoms with Gasteiger partial charge in [-0.05, 0) is 18.2 Å². The van der Waals surface area contributed by atoms with Gasteiger partial charge in [0.1, 0.15) is 5.69 Å². The summed E-state index contributed by atoms with van der Waals surface area (Å²) < 4.78 is 10.1. The number of phenolic OH excluding ortho intramolecular Hbond substituents is 1. The number of aromatic nitrogens is 2. The molecule has 0 atom stereocenters. The Balaban J connectivity index is 2.53. The van der Waals surface area contributed by atoms with E-state index < -0.39 is 5.97 Å². The summed E-state index contributed by atoms with van der Waals surface area (Å²) in [6.07, 6.45) is 0. The molecule has 2 rings (SSSR count). The summed E-state index contributed by atoms with van der Waals surface area (Å²) in [7, 11) is 2.85. The largest absolute Gasteiger partial charge is 0.504 e. The summed E-state index contributed by atoms with van der Waals surface area (Å²) in [6.45, 7) is 0. The van der Waals surface area contributed by atoms with Gasteiger partial charge in [-0.3, -0.25) is 5.10 Å². The number of H-pyrrole nitrogens is 1. The van der Waals surface area contributed by atoms with Gasteiger partial charge in [0.15, 0.2) is 11.5 Å². The average molecular weight is 264 g/mol. The molecule has 0 aliphatic heterocycles. The first-order valence-electron chi connectivity index (χ1n) is 5.31. The lowest BCUT2D eigenvalue weighted by Gasteiger charge is -2.11. The van der Waals surface area contributed by atoms with Crippen LogP contribution in [0.15, 0.2) is 18.2 Å². The maximum atomic E-state index is 10.8. The van der Waals surface area contributed by atoms with E-state index in [0.29, 0.717) is 17.0 Å². The van der Waals surface area contributed by atoms with E-state index in [4.69, 9.17) is 14.6 Å². The minimum Gasteiger partial charge on any atom is -0.504 e. The van der Waals surface area contributed by atoms with Crippen LogP contribution in [0.3, 0.4) is 0 Å². The number of phenols is 1. The second-order valence-electron chi connectivity index (χ2n) is 3.67. The zero-order chi connectivity index (χ0) is 14.0. The Labute approximate surface area is 108 Å². The molecule has 0 aliphatic carbocycles. The summed E-state index contributed by atoms with van der Waals surface area (Å²) in [5.74, 6) is -0.748. The van der Waals surface area contributed by atoms with E-state index in [-0.39, 0.29) is 17.2 Å². The van der Waals surface area contributed by atoms with E-state index in [1.165, 1.54) is 20.3 Å². The van der Waals surface area contributed by atoms with E-state index >= 15 is 0 Å². The summed E-state index contributed by atoms with van der Waals surface area (Å²) in [6, 6.07) is 4.49. The van der Waals surface area contributed by atoms with Gasteiger partial charge >= 0.3 is 5.97 Å². The summed E-state index contributed by atoms with van der Waals surface area (Å²) in [5.41, 5.74) is 0.585. The third-order valence-corrected chi connectivity index (χ3v) is 2.60. The van der Waals surface area contributed by atoms with E-state index in [0.717, 1.165) is 0 Å². The van der Waals surface area contributed by atoms with Crippen molar-refractivity contribution < 1.29 is 24.5 Å². The monoisotopic (exact) mass is 264 g/mol. The van der Waals surface area contributed by atoms with Crippen LogP contribution >= 0.6 is 0 Å². The molecule has 0 aliphatic rings. The molecule has 0 saturated carbocycles. The number of aromatic hydroxyl groups is 1. The number of nitrogens with one attached hydrogen (secondary N) is 1. The molecule has 0 spiro atoms. The van der Waals surface area contributed by atoms with Gasteiger partial charge in [-0.1, -0.05) is 0 Å². The van der Waals surface area contributed by atoms with Crippen LogP contribution in [-0.2, 0) is 0 Å². The minimum atomic E-state index is -1.13. The number of benzene rings is 1. The fourth-order valence-electron chi connectivity index (χ4n) is 1.69. The number of carboxylic acid groups (broad SMARTS) is 1. The highest BCUT2D eigenvalue weighted by atomic mass is 16.5. The number of ether oxygens (including phenoxy) is 2. The van der Waals surface area contributed by atoms with E-state index in [1.807, 2.05) is 0 Å². The highest BCUT2D eigenvalue weighted by Crippen LogP contribution is 2.42. The number of aromatic carboxylic acids is 1. The van der Waals surface area contributed by atoms with Crippen LogP contribution in [-0.4, -0.2) is 40.6 Å². The van der Waals surface area contributed by atoms with Crippen molar-refractivity contribution >= 4 is 5.97 Å². The summed E-state index contributed by atoms with van der Waals surface area (Å²) in [4.78, 5) is 10.8. The molecule has 1 heterocycles.